The van der Waals surface area contributed by atoms with Crippen molar-refractivity contribution >= 4 is 35.1 Å². The Morgan fingerprint density at radius 3 is 2.46 bits per heavy atom. The van der Waals surface area contributed by atoms with E-state index in [1.807, 2.05) is 12.1 Å². The van der Waals surface area contributed by atoms with Crippen LogP contribution in [0.1, 0.15) is 0 Å². The smallest absolute Gasteiger partial charge is 0.311 e. The molecule has 1 heterocycles. The first-order valence-corrected chi connectivity index (χ1v) is 8.99. The van der Waals surface area contributed by atoms with Gasteiger partial charge in [0.1, 0.15) is 5.82 Å². The quantitative estimate of drug-likeness (QED) is 0.659. The molecule has 2 aromatic carbocycles. The lowest BCUT2D eigenvalue weighted by Gasteiger charge is -2.12. The summed E-state index contributed by atoms with van der Waals surface area (Å²) < 4.78 is 1.24. The Bertz CT molecular complexity index is 1030. The van der Waals surface area contributed by atoms with Crippen LogP contribution < -0.4 is 16.6 Å². The van der Waals surface area contributed by atoms with Crippen LogP contribution in [0.2, 0.25) is 5.02 Å². The average Bonchev–Trinajstić information content (AvgIpc) is 2.61. The average molecular weight is 388 g/mol. The molecule has 1 amide bonds. The van der Waals surface area contributed by atoms with Gasteiger partial charge in [0.25, 0.3) is 5.56 Å². The molecule has 0 aliphatic rings. The van der Waals surface area contributed by atoms with E-state index in [4.69, 9.17) is 11.6 Å². The van der Waals surface area contributed by atoms with Gasteiger partial charge in [-0.05, 0) is 36.4 Å². The molecule has 0 saturated heterocycles. The summed E-state index contributed by atoms with van der Waals surface area (Å²) in [6.45, 7) is 0. The highest BCUT2D eigenvalue weighted by molar-refractivity contribution is 8.00. The third-order valence-corrected chi connectivity index (χ3v) is 4.67. The molecule has 0 unspecified atom stereocenters. The van der Waals surface area contributed by atoms with Gasteiger partial charge in [-0.25, -0.2) is 9.36 Å². The summed E-state index contributed by atoms with van der Waals surface area (Å²) in [6.07, 6.45) is 0. The number of H-pyrrole nitrogens is 1. The molecule has 3 aromatic rings. The van der Waals surface area contributed by atoms with E-state index in [0.29, 0.717) is 10.7 Å². The molecule has 132 valence electrons. The maximum absolute atomic E-state index is 12.3. The Labute approximate surface area is 157 Å². The number of rotatable bonds is 5. The number of aromatic amines is 1. The number of carbonyl (C=O) groups excluding carboxylic acids is 1. The summed E-state index contributed by atoms with van der Waals surface area (Å²) in [5.41, 5.74) is -0.665. The van der Waals surface area contributed by atoms with Crippen LogP contribution in [0, 0.1) is 0 Å². The predicted molar refractivity (Wildman–Crippen MR) is 103 cm³/mol. The number of carbonyl (C=O) groups is 1. The maximum Gasteiger partial charge on any atom is 0.334 e. The summed E-state index contributed by atoms with van der Waals surface area (Å²) in [7, 11) is 0. The van der Waals surface area contributed by atoms with E-state index in [1.54, 1.807) is 42.5 Å². The molecule has 0 fully saturated rings. The highest BCUT2D eigenvalue weighted by Crippen LogP contribution is 2.20. The van der Waals surface area contributed by atoms with E-state index in [2.05, 4.69) is 10.3 Å². The molecule has 0 aliphatic carbocycles. The van der Waals surface area contributed by atoms with Gasteiger partial charge in [0.15, 0.2) is 0 Å². The molecule has 1 aromatic heterocycles. The van der Waals surface area contributed by atoms with Crippen molar-refractivity contribution in [2.24, 2.45) is 0 Å². The second-order valence-corrected chi connectivity index (χ2v) is 6.77. The van der Waals surface area contributed by atoms with Gasteiger partial charge in [-0.15, -0.1) is 11.8 Å². The summed E-state index contributed by atoms with van der Waals surface area (Å²) in [4.78, 5) is 39.2. The fourth-order valence-electron chi connectivity index (χ4n) is 2.28. The van der Waals surface area contributed by atoms with Gasteiger partial charge in [0.2, 0.25) is 5.91 Å². The van der Waals surface area contributed by atoms with Crippen molar-refractivity contribution in [3.8, 4) is 5.69 Å². The van der Waals surface area contributed by atoms with Crippen LogP contribution in [0.5, 0.6) is 0 Å². The molecule has 3 rings (SSSR count). The molecule has 0 aliphatic heterocycles. The van der Waals surface area contributed by atoms with Gasteiger partial charge >= 0.3 is 5.69 Å². The highest BCUT2D eigenvalue weighted by atomic mass is 35.5. The number of benzene rings is 2. The van der Waals surface area contributed by atoms with Gasteiger partial charge in [0, 0.05) is 16.0 Å². The number of anilines is 1. The zero-order valence-corrected chi connectivity index (χ0v) is 15.0. The van der Waals surface area contributed by atoms with Crippen molar-refractivity contribution in [2.75, 3.05) is 11.1 Å². The first-order valence-electron chi connectivity index (χ1n) is 7.63. The molecule has 0 bridgehead atoms. The largest absolute Gasteiger partial charge is 0.334 e. The van der Waals surface area contributed by atoms with Gasteiger partial charge in [0.05, 0.1) is 11.4 Å². The molecule has 6 nitrogen and oxygen atoms in total. The second-order valence-electron chi connectivity index (χ2n) is 5.29. The Morgan fingerprint density at radius 1 is 1.08 bits per heavy atom. The molecule has 0 saturated carbocycles. The summed E-state index contributed by atoms with van der Waals surface area (Å²) >= 11 is 7.16. The monoisotopic (exact) mass is 387 g/mol. The Kier molecular flexibility index (Phi) is 5.60. The lowest BCUT2D eigenvalue weighted by Crippen LogP contribution is -2.32. The Morgan fingerprint density at radius 2 is 1.77 bits per heavy atom. The van der Waals surface area contributed by atoms with Crippen LogP contribution in [0.25, 0.3) is 5.69 Å². The minimum absolute atomic E-state index is 0.117. The number of nitrogens with zero attached hydrogens (tertiary/aromatic N) is 1. The van der Waals surface area contributed by atoms with Gasteiger partial charge < -0.3 is 5.32 Å². The summed E-state index contributed by atoms with van der Waals surface area (Å²) in [6, 6.07) is 17.0. The Hall–Kier alpha value is -2.77. The van der Waals surface area contributed by atoms with Crippen LogP contribution in [0.15, 0.2) is 75.1 Å². The number of para-hydroxylation sites is 1. The van der Waals surface area contributed by atoms with E-state index < -0.39 is 11.2 Å². The molecule has 8 heteroatoms. The SMILES string of the molecule is O=C(CSc1ccc(Cl)cc1)Nc1cc(=O)[nH]c(=O)n1-c1ccccc1. The van der Waals surface area contributed by atoms with Crippen molar-refractivity contribution in [2.45, 2.75) is 4.90 Å². The van der Waals surface area contributed by atoms with Crippen molar-refractivity contribution in [3.63, 3.8) is 0 Å². The molecule has 2 N–H and O–H groups in total. The number of hydrogen-bond donors (Lipinski definition) is 2. The van der Waals surface area contributed by atoms with Crippen molar-refractivity contribution < 1.29 is 4.79 Å². The van der Waals surface area contributed by atoms with Gasteiger partial charge in [-0.2, -0.15) is 0 Å². The maximum atomic E-state index is 12.3. The summed E-state index contributed by atoms with van der Waals surface area (Å²) in [5.74, 6) is -0.0940. The minimum Gasteiger partial charge on any atom is -0.311 e. The van der Waals surface area contributed by atoms with Crippen LogP contribution in [-0.4, -0.2) is 21.2 Å². The third kappa shape index (κ3) is 4.44. The number of aromatic nitrogens is 2. The summed E-state index contributed by atoms with van der Waals surface area (Å²) in [5, 5.41) is 3.25. The first kappa shape index (κ1) is 18.0. The van der Waals surface area contributed by atoms with Crippen molar-refractivity contribution in [1.29, 1.82) is 0 Å². The number of nitrogens with one attached hydrogen (secondary N) is 2. The molecule has 0 atom stereocenters. The number of hydrogen-bond acceptors (Lipinski definition) is 4. The fraction of sp³-hybridized carbons (Fsp3) is 0.0556. The third-order valence-electron chi connectivity index (χ3n) is 3.41. The van der Waals surface area contributed by atoms with Crippen molar-refractivity contribution in [3.05, 3.63) is 86.5 Å². The van der Waals surface area contributed by atoms with E-state index in [-0.39, 0.29) is 17.5 Å². The van der Waals surface area contributed by atoms with E-state index in [0.717, 1.165) is 4.90 Å². The number of halogens is 1. The highest BCUT2D eigenvalue weighted by Gasteiger charge is 2.11. The minimum atomic E-state index is -0.621. The topological polar surface area (TPSA) is 84.0 Å². The van der Waals surface area contributed by atoms with Crippen LogP contribution in [-0.2, 0) is 4.79 Å². The van der Waals surface area contributed by atoms with Crippen LogP contribution in [0.4, 0.5) is 5.82 Å². The predicted octanol–water partition coefficient (Wildman–Crippen LogP) is 2.91. The molecule has 0 spiro atoms. The molecular formula is C18H14ClN3O3S. The Balaban J connectivity index is 1.80. The van der Waals surface area contributed by atoms with Crippen molar-refractivity contribution in [1.82, 2.24) is 9.55 Å². The number of amides is 1. The lowest BCUT2D eigenvalue weighted by atomic mass is 10.3. The van der Waals surface area contributed by atoms with Crippen LogP contribution >= 0.6 is 23.4 Å². The zero-order chi connectivity index (χ0) is 18.5. The molecule has 0 radical (unpaired) electrons. The van der Waals surface area contributed by atoms with Gasteiger partial charge in [-0.3, -0.25) is 14.6 Å². The lowest BCUT2D eigenvalue weighted by molar-refractivity contribution is -0.113. The fourth-order valence-corrected chi connectivity index (χ4v) is 3.10. The molecular weight excluding hydrogens is 374 g/mol. The van der Waals surface area contributed by atoms with Gasteiger partial charge in [-0.1, -0.05) is 29.8 Å². The normalized spacial score (nSPS) is 10.5. The second kappa shape index (κ2) is 8.07. The standard InChI is InChI=1S/C18H14ClN3O3S/c19-12-6-8-14(9-7-12)26-11-17(24)20-15-10-16(23)21-18(25)22(15)13-4-2-1-3-5-13/h1-10H,11H2,(H,20,24)(H,21,23,25). The molecule has 26 heavy (non-hydrogen) atoms. The van der Waals surface area contributed by atoms with E-state index in [9.17, 15) is 14.4 Å². The zero-order valence-electron chi connectivity index (χ0n) is 13.4. The van der Waals surface area contributed by atoms with Crippen LogP contribution in [0.3, 0.4) is 0 Å². The number of thioether (sulfide) groups is 1. The first-order chi connectivity index (χ1) is 12.5. The van der Waals surface area contributed by atoms with E-state index in [1.165, 1.54) is 22.4 Å². The van der Waals surface area contributed by atoms with E-state index >= 15 is 0 Å².